The van der Waals surface area contributed by atoms with Crippen LogP contribution < -0.4 is 14.8 Å². The van der Waals surface area contributed by atoms with Crippen LogP contribution in [0.15, 0.2) is 54.7 Å². The van der Waals surface area contributed by atoms with Gasteiger partial charge in [0.15, 0.2) is 5.82 Å². The molecule has 26 heavy (non-hydrogen) atoms. The average molecular weight is 372 g/mol. The number of rotatable bonds is 6. The van der Waals surface area contributed by atoms with Gasteiger partial charge in [-0.3, -0.25) is 9.48 Å². The van der Waals surface area contributed by atoms with Gasteiger partial charge in [0.1, 0.15) is 16.5 Å². The predicted molar refractivity (Wildman–Crippen MR) is 100 cm³/mol. The first-order valence-electron chi connectivity index (χ1n) is 7.90. The summed E-state index contributed by atoms with van der Waals surface area (Å²) < 4.78 is 12.1. The molecule has 1 amide bonds. The number of nitrogens with zero attached hydrogens (tertiary/aromatic N) is 2. The molecule has 0 unspecified atom stereocenters. The van der Waals surface area contributed by atoms with Gasteiger partial charge in [0.05, 0.1) is 20.8 Å². The van der Waals surface area contributed by atoms with E-state index in [0.29, 0.717) is 34.4 Å². The smallest absolute Gasteiger partial charge is 0.257 e. The number of hydrogen-bond donors (Lipinski definition) is 1. The summed E-state index contributed by atoms with van der Waals surface area (Å²) in [5, 5.41) is 7.43. The molecule has 3 rings (SSSR count). The molecule has 3 aromatic rings. The van der Waals surface area contributed by atoms with Crippen LogP contribution in [0.25, 0.3) is 0 Å². The van der Waals surface area contributed by atoms with E-state index < -0.39 is 0 Å². The highest BCUT2D eigenvalue weighted by Gasteiger charge is 2.14. The topological polar surface area (TPSA) is 65.4 Å². The zero-order valence-corrected chi connectivity index (χ0v) is 15.2. The van der Waals surface area contributed by atoms with Crippen LogP contribution in [0.1, 0.15) is 15.9 Å². The summed E-state index contributed by atoms with van der Waals surface area (Å²) in [5.41, 5.74) is 1.47. The van der Waals surface area contributed by atoms with E-state index in [4.69, 9.17) is 21.1 Å². The van der Waals surface area contributed by atoms with Crippen LogP contribution in [-0.4, -0.2) is 29.9 Å². The Kier molecular flexibility index (Phi) is 5.43. The normalized spacial score (nSPS) is 10.4. The van der Waals surface area contributed by atoms with Crippen LogP contribution in [0, 0.1) is 0 Å². The molecule has 0 aliphatic rings. The number of carbonyl (C=O) groups is 1. The summed E-state index contributed by atoms with van der Waals surface area (Å²) in [6.07, 6.45) is 1.68. The molecule has 0 bridgehead atoms. The molecule has 1 heterocycles. The maximum absolute atomic E-state index is 12.5. The van der Waals surface area contributed by atoms with E-state index >= 15 is 0 Å². The van der Waals surface area contributed by atoms with Crippen molar-refractivity contribution in [3.8, 4) is 11.5 Å². The number of methoxy groups -OCH3 is 2. The van der Waals surface area contributed by atoms with Gasteiger partial charge in [0, 0.05) is 17.8 Å². The number of nitrogens with one attached hydrogen (secondary N) is 1. The van der Waals surface area contributed by atoms with Gasteiger partial charge in [-0.2, -0.15) is 5.10 Å². The Hall–Kier alpha value is -2.99. The van der Waals surface area contributed by atoms with Crippen molar-refractivity contribution in [2.75, 3.05) is 19.5 Å². The molecule has 6 nitrogen and oxygen atoms in total. The van der Waals surface area contributed by atoms with Crippen LogP contribution in [0.5, 0.6) is 11.5 Å². The molecule has 1 aromatic heterocycles. The maximum atomic E-state index is 12.5. The zero-order valence-electron chi connectivity index (χ0n) is 14.4. The molecule has 0 aliphatic carbocycles. The highest BCUT2D eigenvalue weighted by molar-refractivity contribution is 6.33. The quantitative estimate of drug-likeness (QED) is 0.714. The molecule has 0 saturated carbocycles. The first-order valence-corrected chi connectivity index (χ1v) is 8.28. The van der Waals surface area contributed by atoms with Crippen LogP contribution in [0.2, 0.25) is 5.02 Å². The summed E-state index contributed by atoms with van der Waals surface area (Å²) in [6.45, 7) is 0.559. The highest BCUT2D eigenvalue weighted by atomic mass is 35.5. The molecule has 134 valence electrons. The summed E-state index contributed by atoms with van der Waals surface area (Å²) in [6, 6.07) is 14.8. The third-order valence-corrected chi connectivity index (χ3v) is 4.03. The van der Waals surface area contributed by atoms with Crippen molar-refractivity contribution >= 4 is 23.3 Å². The van der Waals surface area contributed by atoms with E-state index in [9.17, 15) is 4.79 Å². The van der Waals surface area contributed by atoms with Crippen molar-refractivity contribution in [3.63, 3.8) is 0 Å². The number of hydrogen-bond acceptors (Lipinski definition) is 4. The zero-order chi connectivity index (χ0) is 18.5. The van der Waals surface area contributed by atoms with E-state index in [1.54, 1.807) is 29.1 Å². The third kappa shape index (κ3) is 4.15. The summed E-state index contributed by atoms with van der Waals surface area (Å²) in [5.74, 6) is 0.994. The summed E-state index contributed by atoms with van der Waals surface area (Å²) >= 11 is 6.21. The van der Waals surface area contributed by atoms with Crippen LogP contribution in [0.4, 0.5) is 5.82 Å². The number of benzene rings is 2. The minimum absolute atomic E-state index is 0.300. The van der Waals surface area contributed by atoms with Crippen LogP contribution >= 0.6 is 11.6 Å². The van der Waals surface area contributed by atoms with Gasteiger partial charge in [0.25, 0.3) is 5.91 Å². The van der Waals surface area contributed by atoms with Gasteiger partial charge in [-0.15, -0.1) is 0 Å². The van der Waals surface area contributed by atoms with Gasteiger partial charge in [0.2, 0.25) is 0 Å². The van der Waals surface area contributed by atoms with Crippen molar-refractivity contribution in [1.29, 1.82) is 0 Å². The van der Waals surface area contributed by atoms with Crippen molar-refractivity contribution in [3.05, 3.63) is 70.9 Å². The Balaban J connectivity index is 1.77. The molecule has 2 aromatic carbocycles. The molecule has 0 saturated heterocycles. The van der Waals surface area contributed by atoms with Crippen molar-refractivity contribution in [2.24, 2.45) is 0 Å². The van der Waals surface area contributed by atoms with E-state index in [1.807, 2.05) is 30.3 Å². The fraction of sp³-hybridized carbons (Fsp3) is 0.158. The Bertz CT molecular complexity index is 887. The lowest BCUT2D eigenvalue weighted by molar-refractivity contribution is 0.102. The van der Waals surface area contributed by atoms with Gasteiger partial charge in [-0.25, -0.2) is 0 Å². The van der Waals surface area contributed by atoms with E-state index in [-0.39, 0.29) is 5.91 Å². The molecular formula is C19H18ClN3O3. The summed E-state index contributed by atoms with van der Waals surface area (Å²) in [4.78, 5) is 12.5. The largest absolute Gasteiger partial charge is 0.497 e. The minimum atomic E-state index is -0.353. The number of aromatic nitrogens is 2. The molecule has 0 atom stereocenters. The summed E-state index contributed by atoms with van der Waals surface area (Å²) in [7, 11) is 3.05. The maximum Gasteiger partial charge on any atom is 0.257 e. The Labute approximate surface area is 156 Å². The van der Waals surface area contributed by atoms with E-state index in [2.05, 4.69) is 10.4 Å². The first-order chi connectivity index (χ1) is 12.6. The molecule has 7 heteroatoms. The van der Waals surface area contributed by atoms with Crippen LogP contribution in [-0.2, 0) is 6.54 Å². The monoisotopic (exact) mass is 371 g/mol. The first kappa shape index (κ1) is 17.8. The average Bonchev–Trinajstić information content (AvgIpc) is 3.00. The lowest BCUT2D eigenvalue weighted by Crippen LogP contribution is -2.13. The standard InChI is InChI=1S/C19H18ClN3O3/c1-25-15-8-14(9-16(10-15)26-2)19(24)21-18-17(20)12-23(22-18)11-13-6-4-3-5-7-13/h3-10,12H,11H2,1-2H3,(H,21,22,24). The molecular weight excluding hydrogens is 354 g/mol. The number of amides is 1. The van der Waals surface area contributed by atoms with Crippen molar-refractivity contribution in [2.45, 2.75) is 6.54 Å². The fourth-order valence-electron chi connectivity index (χ4n) is 2.45. The molecule has 1 N–H and O–H groups in total. The molecule has 0 aliphatic heterocycles. The van der Waals surface area contributed by atoms with Crippen LogP contribution in [0.3, 0.4) is 0 Å². The van der Waals surface area contributed by atoms with Gasteiger partial charge in [-0.1, -0.05) is 41.9 Å². The number of halogens is 1. The third-order valence-electron chi connectivity index (χ3n) is 3.75. The Morgan fingerprint density at radius 1 is 1.12 bits per heavy atom. The van der Waals surface area contributed by atoms with E-state index in [0.717, 1.165) is 5.56 Å². The predicted octanol–water partition coefficient (Wildman–Crippen LogP) is 3.85. The highest BCUT2D eigenvalue weighted by Crippen LogP contribution is 2.25. The van der Waals surface area contributed by atoms with E-state index in [1.165, 1.54) is 14.2 Å². The second-order valence-corrected chi connectivity index (χ2v) is 5.97. The Morgan fingerprint density at radius 3 is 2.38 bits per heavy atom. The van der Waals surface area contributed by atoms with Crippen molar-refractivity contribution < 1.29 is 14.3 Å². The number of ether oxygens (including phenoxy) is 2. The number of carbonyl (C=O) groups excluding carboxylic acids is 1. The van der Waals surface area contributed by atoms with Gasteiger partial charge >= 0.3 is 0 Å². The van der Waals surface area contributed by atoms with Gasteiger partial charge < -0.3 is 14.8 Å². The Morgan fingerprint density at radius 2 is 1.77 bits per heavy atom. The molecule has 0 spiro atoms. The lowest BCUT2D eigenvalue weighted by atomic mass is 10.2. The van der Waals surface area contributed by atoms with Crippen molar-refractivity contribution in [1.82, 2.24) is 9.78 Å². The molecule has 0 radical (unpaired) electrons. The minimum Gasteiger partial charge on any atom is -0.497 e. The lowest BCUT2D eigenvalue weighted by Gasteiger charge is -2.08. The molecule has 0 fully saturated rings. The number of anilines is 1. The SMILES string of the molecule is COc1cc(OC)cc(C(=O)Nc2nn(Cc3ccccc3)cc2Cl)c1. The second-order valence-electron chi connectivity index (χ2n) is 5.56. The fourth-order valence-corrected chi connectivity index (χ4v) is 2.65. The van der Waals surface area contributed by atoms with Gasteiger partial charge in [-0.05, 0) is 17.7 Å². The second kappa shape index (κ2) is 7.93.